The van der Waals surface area contributed by atoms with E-state index in [1.165, 1.54) is 19.2 Å². The molecule has 0 atom stereocenters. The second-order valence-corrected chi connectivity index (χ2v) is 6.45. The van der Waals surface area contributed by atoms with E-state index in [9.17, 15) is 25.0 Å². The van der Waals surface area contributed by atoms with Gasteiger partial charge in [-0.25, -0.2) is 4.79 Å². The molecule has 2 rings (SSSR count). The number of nitro groups is 1. The number of amides is 1. The van der Waals surface area contributed by atoms with E-state index in [1.54, 1.807) is 30.3 Å². The van der Waals surface area contributed by atoms with Gasteiger partial charge in [0.15, 0.2) is 0 Å². The molecular weight excluding hydrogens is 416 g/mol. The van der Waals surface area contributed by atoms with Crippen LogP contribution in [0, 0.1) is 21.4 Å². The van der Waals surface area contributed by atoms with Crippen LogP contribution < -0.4 is 15.4 Å². The summed E-state index contributed by atoms with van der Waals surface area (Å²) in [4.78, 5) is 35.1. The number of carbonyl (C=O) groups excluding carboxylic acids is 2. The Labute approximate surface area is 184 Å². The molecule has 166 valence electrons. The van der Waals surface area contributed by atoms with Crippen LogP contribution in [0.25, 0.3) is 0 Å². The Balaban J connectivity index is 2.18. The van der Waals surface area contributed by atoms with Gasteiger partial charge in [-0.2, -0.15) is 5.26 Å². The van der Waals surface area contributed by atoms with Gasteiger partial charge in [0.2, 0.25) is 0 Å². The monoisotopic (exact) mass is 438 g/mol. The number of methoxy groups -OCH3 is 1. The first-order valence-electron chi connectivity index (χ1n) is 9.68. The lowest BCUT2D eigenvalue weighted by atomic mass is 10.1. The SMILES string of the molecule is CCCCOC(=O)c1ccccc1N/C=C(/C#N)C(=O)Nc1ccc([N+](=O)[O-])cc1OC. The molecule has 0 aliphatic rings. The van der Waals surface area contributed by atoms with Crippen molar-refractivity contribution in [1.29, 1.82) is 5.26 Å². The minimum absolute atomic E-state index is 0.0676. The molecule has 0 saturated heterocycles. The van der Waals surface area contributed by atoms with Crippen molar-refractivity contribution in [3.8, 4) is 11.8 Å². The average Bonchev–Trinajstić information content (AvgIpc) is 2.79. The number of rotatable bonds is 10. The number of unbranched alkanes of at least 4 members (excludes halogenated alkanes) is 1. The number of nitriles is 1. The number of benzene rings is 2. The molecule has 0 heterocycles. The molecule has 0 aliphatic heterocycles. The fourth-order valence-corrected chi connectivity index (χ4v) is 2.56. The number of para-hydroxylation sites is 1. The van der Waals surface area contributed by atoms with Crippen LogP contribution in [0.5, 0.6) is 5.75 Å². The highest BCUT2D eigenvalue weighted by atomic mass is 16.6. The van der Waals surface area contributed by atoms with Gasteiger partial charge in [0.05, 0.1) is 41.6 Å². The molecule has 0 aromatic heterocycles. The van der Waals surface area contributed by atoms with Crippen molar-refractivity contribution in [2.24, 2.45) is 0 Å². The molecular formula is C22H22N4O6. The molecule has 2 aromatic carbocycles. The largest absolute Gasteiger partial charge is 0.494 e. The van der Waals surface area contributed by atoms with Crippen LogP contribution in [0.2, 0.25) is 0 Å². The smallest absolute Gasteiger partial charge is 0.340 e. The average molecular weight is 438 g/mol. The summed E-state index contributed by atoms with van der Waals surface area (Å²) in [5.41, 5.74) is 0.278. The topological polar surface area (TPSA) is 144 Å². The summed E-state index contributed by atoms with van der Waals surface area (Å²) in [5, 5.41) is 25.5. The molecule has 1 amide bonds. The van der Waals surface area contributed by atoms with E-state index in [4.69, 9.17) is 9.47 Å². The van der Waals surface area contributed by atoms with E-state index in [2.05, 4.69) is 10.6 Å². The maximum absolute atomic E-state index is 12.5. The summed E-state index contributed by atoms with van der Waals surface area (Å²) in [6.07, 6.45) is 2.79. The molecule has 0 radical (unpaired) electrons. The van der Waals surface area contributed by atoms with Crippen LogP contribution in [-0.2, 0) is 9.53 Å². The zero-order valence-corrected chi connectivity index (χ0v) is 17.6. The minimum atomic E-state index is -0.768. The second kappa shape index (κ2) is 11.7. The maximum atomic E-state index is 12.5. The van der Waals surface area contributed by atoms with Crippen molar-refractivity contribution in [2.75, 3.05) is 24.4 Å². The zero-order chi connectivity index (χ0) is 23.5. The number of esters is 1. The molecule has 0 aliphatic carbocycles. The third-order valence-electron chi connectivity index (χ3n) is 4.26. The van der Waals surface area contributed by atoms with Crippen LogP contribution in [-0.4, -0.2) is 30.5 Å². The van der Waals surface area contributed by atoms with Gasteiger partial charge in [0.1, 0.15) is 17.4 Å². The Morgan fingerprint density at radius 1 is 1.22 bits per heavy atom. The standard InChI is InChI=1S/C22H22N4O6/c1-3-4-11-32-22(28)17-7-5-6-8-18(17)24-14-15(13-23)21(27)25-19-10-9-16(26(29)30)12-20(19)31-2/h5-10,12,14,24H,3-4,11H2,1-2H3,(H,25,27)/b15-14-. The minimum Gasteiger partial charge on any atom is -0.494 e. The van der Waals surface area contributed by atoms with Crippen LogP contribution >= 0.6 is 0 Å². The van der Waals surface area contributed by atoms with Crippen molar-refractivity contribution < 1.29 is 24.0 Å². The molecule has 2 N–H and O–H groups in total. The number of ether oxygens (including phenoxy) is 2. The number of hydrogen-bond acceptors (Lipinski definition) is 8. The number of carbonyl (C=O) groups is 2. The van der Waals surface area contributed by atoms with Crippen LogP contribution in [0.4, 0.5) is 17.1 Å². The number of nitrogens with zero attached hydrogens (tertiary/aromatic N) is 2. The predicted molar refractivity (Wildman–Crippen MR) is 117 cm³/mol. The van der Waals surface area contributed by atoms with E-state index in [0.717, 1.165) is 25.1 Å². The van der Waals surface area contributed by atoms with Crippen molar-refractivity contribution in [2.45, 2.75) is 19.8 Å². The quantitative estimate of drug-likeness (QED) is 0.141. The lowest BCUT2D eigenvalue weighted by Crippen LogP contribution is -2.15. The fraction of sp³-hybridized carbons (Fsp3) is 0.227. The second-order valence-electron chi connectivity index (χ2n) is 6.45. The summed E-state index contributed by atoms with van der Waals surface area (Å²) >= 11 is 0. The Kier molecular flexibility index (Phi) is 8.74. The van der Waals surface area contributed by atoms with Crippen molar-refractivity contribution in [1.82, 2.24) is 0 Å². The van der Waals surface area contributed by atoms with Gasteiger partial charge in [0, 0.05) is 12.3 Å². The van der Waals surface area contributed by atoms with E-state index in [-0.39, 0.29) is 28.3 Å². The lowest BCUT2D eigenvalue weighted by molar-refractivity contribution is -0.384. The molecule has 0 unspecified atom stereocenters. The molecule has 10 heteroatoms. The highest BCUT2D eigenvalue weighted by molar-refractivity contribution is 6.07. The highest BCUT2D eigenvalue weighted by Gasteiger charge is 2.17. The van der Waals surface area contributed by atoms with Gasteiger partial charge < -0.3 is 20.1 Å². The number of non-ortho nitro benzene ring substituents is 1. The van der Waals surface area contributed by atoms with Crippen LogP contribution in [0.15, 0.2) is 54.2 Å². The Bertz CT molecular complexity index is 1070. The van der Waals surface area contributed by atoms with Gasteiger partial charge in [-0.1, -0.05) is 25.5 Å². The first-order valence-corrected chi connectivity index (χ1v) is 9.68. The summed E-state index contributed by atoms with van der Waals surface area (Å²) in [6, 6.07) is 12.0. The third kappa shape index (κ3) is 6.30. The third-order valence-corrected chi connectivity index (χ3v) is 4.26. The fourth-order valence-electron chi connectivity index (χ4n) is 2.56. The first kappa shape index (κ1) is 23.9. The highest BCUT2D eigenvalue weighted by Crippen LogP contribution is 2.29. The van der Waals surface area contributed by atoms with E-state index in [0.29, 0.717) is 12.3 Å². The van der Waals surface area contributed by atoms with Crippen molar-refractivity contribution in [3.05, 3.63) is 69.9 Å². The summed E-state index contributed by atoms with van der Waals surface area (Å²) in [6.45, 7) is 2.28. The van der Waals surface area contributed by atoms with E-state index in [1.807, 2.05) is 6.92 Å². The number of nitro benzene ring substituents is 1. The molecule has 0 bridgehead atoms. The van der Waals surface area contributed by atoms with Crippen LogP contribution in [0.3, 0.4) is 0 Å². The molecule has 0 saturated carbocycles. The molecule has 2 aromatic rings. The normalized spacial score (nSPS) is 10.6. The van der Waals surface area contributed by atoms with Crippen molar-refractivity contribution in [3.63, 3.8) is 0 Å². The number of hydrogen-bond donors (Lipinski definition) is 2. The molecule has 10 nitrogen and oxygen atoms in total. The van der Waals surface area contributed by atoms with Gasteiger partial charge in [-0.3, -0.25) is 14.9 Å². The maximum Gasteiger partial charge on any atom is 0.340 e. The summed E-state index contributed by atoms with van der Waals surface area (Å²) in [7, 11) is 1.30. The molecule has 0 fully saturated rings. The number of nitrogens with one attached hydrogen (secondary N) is 2. The Morgan fingerprint density at radius 3 is 2.62 bits per heavy atom. The van der Waals surface area contributed by atoms with Gasteiger partial charge >= 0.3 is 5.97 Å². The Morgan fingerprint density at radius 2 is 1.97 bits per heavy atom. The lowest BCUT2D eigenvalue weighted by Gasteiger charge is -2.11. The Hall–Kier alpha value is -4.39. The summed E-state index contributed by atoms with van der Waals surface area (Å²) < 4.78 is 10.3. The van der Waals surface area contributed by atoms with Gasteiger partial charge in [0.25, 0.3) is 11.6 Å². The van der Waals surface area contributed by atoms with Gasteiger partial charge in [-0.05, 0) is 24.6 Å². The van der Waals surface area contributed by atoms with E-state index >= 15 is 0 Å². The van der Waals surface area contributed by atoms with Gasteiger partial charge in [-0.15, -0.1) is 0 Å². The molecule has 0 spiro atoms. The zero-order valence-electron chi connectivity index (χ0n) is 17.6. The number of anilines is 2. The van der Waals surface area contributed by atoms with E-state index < -0.39 is 16.8 Å². The van der Waals surface area contributed by atoms with Crippen molar-refractivity contribution >= 4 is 28.9 Å². The first-order chi connectivity index (χ1) is 15.4. The predicted octanol–water partition coefficient (Wildman–Crippen LogP) is 4.02. The van der Waals surface area contributed by atoms with Crippen LogP contribution in [0.1, 0.15) is 30.1 Å². The molecule has 32 heavy (non-hydrogen) atoms. The summed E-state index contributed by atoms with van der Waals surface area (Å²) in [5.74, 6) is -1.22.